The van der Waals surface area contributed by atoms with Gasteiger partial charge in [-0.05, 0) is 44.2 Å². The van der Waals surface area contributed by atoms with Crippen molar-refractivity contribution >= 4 is 31.0 Å². The molecule has 0 aliphatic carbocycles. The number of anilines is 1. The van der Waals surface area contributed by atoms with Gasteiger partial charge in [0, 0.05) is 39.9 Å². The predicted molar refractivity (Wildman–Crippen MR) is 122 cm³/mol. The molecule has 0 N–H and O–H groups in total. The fourth-order valence-electron chi connectivity index (χ4n) is 3.61. The summed E-state index contributed by atoms with van der Waals surface area (Å²) in [6, 6.07) is 6.09. The number of ether oxygens (including phenoxy) is 2. The number of piperidine rings is 1. The van der Waals surface area contributed by atoms with Crippen molar-refractivity contribution in [2.45, 2.75) is 63.8 Å². The van der Waals surface area contributed by atoms with Gasteiger partial charge in [-0.1, -0.05) is 31.2 Å². The summed E-state index contributed by atoms with van der Waals surface area (Å²) in [6.45, 7) is 9.36. The normalized spacial score (nSPS) is 17.0. The second-order valence-corrected chi connectivity index (χ2v) is 14.9. The largest absolute Gasteiger partial charge is 0.363 e. The van der Waals surface area contributed by atoms with Gasteiger partial charge in [0.05, 0.1) is 15.5 Å². The number of rotatable bonds is 11. The molecule has 0 aromatic heterocycles. The Morgan fingerprint density at radius 2 is 2.03 bits per heavy atom. The zero-order chi connectivity index (χ0) is 22.1. The van der Waals surface area contributed by atoms with Crippen LogP contribution in [0.5, 0.6) is 0 Å². The molecule has 0 radical (unpaired) electrons. The maximum atomic E-state index is 11.6. The fraction of sp³-hybridized carbons (Fsp3) is 0.667. The zero-order valence-electron chi connectivity index (χ0n) is 18.2. The number of hydrogen-bond donors (Lipinski definition) is 0. The number of hydrogen-bond acceptors (Lipinski definition) is 6. The molecule has 0 amide bonds. The lowest BCUT2D eigenvalue weighted by atomic mass is 9.96. The number of nitrogens with zero attached hydrogens (tertiary/aromatic N) is 3. The molecule has 0 saturated carbocycles. The summed E-state index contributed by atoms with van der Waals surface area (Å²) in [5.74, 6) is 0. The fourth-order valence-corrected chi connectivity index (χ4v) is 4.56. The van der Waals surface area contributed by atoms with Crippen molar-refractivity contribution in [2.75, 3.05) is 31.5 Å². The lowest BCUT2D eigenvalue weighted by molar-refractivity contribution is -0.384. The van der Waals surface area contributed by atoms with Gasteiger partial charge in [-0.25, -0.2) is 0 Å². The van der Waals surface area contributed by atoms with Gasteiger partial charge in [0.15, 0.2) is 0 Å². The van der Waals surface area contributed by atoms with Crippen LogP contribution < -0.4 is 4.90 Å². The maximum Gasteiger partial charge on any atom is 0.293 e. The molecular formula is C21H32ClN3O4Si. The topological polar surface area (TPSA) is 88.6 Å². The summed E-state index contributed by atoms with van der Waals surface area (Å²) in [7, 11) is -1.08. The molecule has 1 fully saturated rings. The molecule has 1 atom stereocenters. The van der Waals surface area contributed by atoms with Crippen LogP contribution in [0, 0.1) is 21.4 Å². The molecule has 7 nitrogen and oxygen atoms in total. The Kier molecular flexibility index (Phi) is 9.56. The Balaban J connectivity index is 1.91. The number of nitro benzene ring substituents is 1. The lowest BCUT2D eigenvalue weighted by Crippen LogP contribution is -2.40. The van der Waals surface area contributed by atoms with E-state index in [0.717, 1.165) is 51.3 Å². The third kappa shape index (κ3) is 7.55. The second kappa shape index (κ2) is 11.7. The Morgan fingerprint density at radius 1 is 1.30 bits per heavy atom. The molecule has 9 heteroatoms. The number of halogens is 1. The van der Waals surface area contributed by atoms with E-state index in [9.17, 15) is 10.1 Å². The average Bonchev–Trinajstić information content (AvgIpc) is 2.69. The van der Waals surface area contributed by atoms with Crippen molar-refractivity contribution in [2.24, 2.45) is 0 Å². The molecule has 0 unspecified atom stereocenters. The van der Waals surface area contributed by atoms with Gasteiger partial charge in [0.25, 0.3) is 5.69 Å². The summed E-state index contributed by atoms with van der Waals surface area (Å²) >= 11 is 6.19. The average molecular weight is 454 g/mol. The highest BCUT2D eigenvalue weighted by molar-refractivity contribution is 6.76. The minimum atomic E-state index is -1.08. The standard InChI is InChI=1S/C21H32ClN3O4Si/c1-30(2,3)12-11-29-16-28-10-6-8-18-7-4-5-9-24(18)20-14-19(22)17(15-23)13-21(20)25(26)27/h13-14,18H,4-12,16H2,1-3H3/t18-/m1/s1. The van der Waals surface area contributed by atoms with Crippen LogP contribution in [0.3, 0.4) is 0 Å². The monoisotopic (exact) mass is 453 g/mol. The SMILES string of the molecule is C[Si](C)(C)CCOCOCCC[C@H]1CCCCN1c1cc(Cl)c(C#N)cc1[N+](=O)[O-]. The first-order valence-corrected chi connectivity index (χ1v) is 14.6. The highest BCUT2D eigenvalue weighted by Crippen LogP contribution is 2.37. The van der Waals surface area contributed by atoms with Crippen molar-refractivity contribution in [3.05, 3.63) is 32.8 Å². The molecular weight excluding hydrogens is 422 g/mol. The van der Waals surface area contributed by atoms with Gasteiger partial charge >= 0.3 is 0 Å². The van der Waals surface area contributed by atoms with Gasteiger partial charge in [-0.2, -0.15) is 5.26 Å². The molecule has 1 aromatic carbocycles. The van der Waals surface area contributed by atoms with Crippen molar-refractivity contribution in [3.8, 4) is 6.07 Å². The first-order valence-electron chi connectivity index (χ1n) is 10.5. The lowest BCUT2D eigenvalue weighted by Gasteiger charge is -2.37. The van der Waals surface area contributed by atoms with Crippen LogP contribution in [0.1, 0.15) is 37.7 Å². The van der Waals surface area contributed by atoms with Crippen molar-refractivity contribution < 1.29 is 14.4 Å². The number of nitro groups is 1. The van der Waals surface area contributed by atoms with Gasteiger partial charge in [0.1, 0.15) is 18.5 Å². The molecule has 2 rings (SSSR count). The van der Waals surface area contributed by atoms with Gasteiger partial charge < -0.3 is 14.4 Å². The molecule has 1 aliphatic rings. The van der Waals surface area contributed by atoms with E-state index in [1.165, 1.54) is 6.07 Å². The maximum absolute atomic E-state index is 11.6. The Hall–Kier alpha value is -1.66. The Labute approximate surface area is 185 Å². The van der Waals surface area contributed by atoms with Crippen LogP contribution >= 0.6 is 11.6 Å². The van der Waals surface area contributed by atoms with Crippen LogP contribution in [0.25, 0.3) is 0 Å². The van der Waals surface area contributed by atoms with Crippen LogP contribution in [0.4, 0.5) is 11.4 Å². The van der Waals surface area contributed by atoms with E-state index in [2.05, 4.69) is 24.5 Å². The summed E-state index contributed by atoms with van der Waals surface area (Å²) in [6.07, 6.45) is 4.79. The Morgan fingerprint density at radius 3 is 2.70 bits per heavy atom. The van der Waals surface area contributed by atoms with E-state index in [4.69, 9.17) is 26.3 Å². The van der Waals surface area contributed by atoms with E-state index in [-0.39, 0.29) is 22.3 Å². The molecule has 1 aliphatic heterocycles. The van der Waals surface area contributed by atoms with E-state index < -0.39 is 13.0 Å². The molecule has 30 heavy (non-hydrogen) atoms. The van der Waals surface area contributed by atoms with E-state index in [1.807, 2.05) is 6.07 Å². The highest BCUT2D eigenvalue weighted by atomic mass is 35.5. The highest BCUT2D eigenvalue weighted by Gasteiger charge is 2.29. The molecule has 0 spiro atoms. The van der Waals surface area contributed by atoms with E-state index >= 15 is 0 Å². The van der Waals surface area contributed by atoms with E-state index in [1.54, 1.807) is 6.07 Å². The molecule has 1 heterocycles. The van der Waals surface area contributed by atoms with Crippen LogP contribution in [-0.2, 0) is 9.47 Å². The van der Waals surface area contributed by atoms with Crippen LogP contribution in [0.15, 0.2) is 12.1 Å². The predicted octanol–water partition coefficient (Wildman–Crippen LogP) is 5.59. The Bertz CT molecular complexity index is 764. The van der Waals surface area contributed by atoms with Gasteiger partial charge in [-0.15, -0.1) is 0 Å². The van der Waals surface area contributed by atoms with Crippen molar-refractivity contribution in [3.63, 3.8) is 0 Å². The van der Waals surface area contributed by atoms with E-state index in [0.29, 0.717) is 19.1 Å². The number of nitriles is 1. The summed E-state index contributed by atoms with van der Waals surface area (Å²) in [5.41, 5.74) is 0.572. The zero-order valence-corrected chi connectivity index (χ0v) is 19.9. The smallest absolute Gasteiger partial charge is 0.293 e. The summed E-state index contributed by atoms with van der Waals surface area (Å²) in [5, 5.41) is 21.0. The molecule has 166 valence electrons. The molecule has 0 bridgehead atoms. The molecule has 1 saturated heterocycles. The third-order valence-corrected chi connectivity index (χ3v) is 7.32. The van der Waals surface area contributed by atoms with Crippen LogP contribution in [0.2, 0.25) is 30.7 Å². The van der Waals surface area contributed by atoms with Gasteiger partial charge in [0.2, 0.25) is 0 Å². The quantitative estimate of drug-likeness (QED) is 0.143. The molecule has 1 aromatic rings. The first kappa shape index (κ1) is 24.6. The minimum absolute atomic E-state index is 0.0603. The first-order chi connectivity index (χ1) is 14.2. The minimum Gasteiger partial charge on any atom is -0.363 e. The van der Waals surface area contributed by atoms with Crippen LogP contribution in [-0.4, -0.2) is 45.6 Å². The van der Waals surface area contributed by atoms with Crippen molar-refractivity contribution in [1.82, 2.24) is 0 Å². The second-order valence-electron chi connectivity index (χ2n) is 8.92. The third-order valence-electron chi connectivity index (χ3n) is 5.31. The summed E-state index contributed by atoms with van der Waals surface area (Å²) in [4.78, 5) is 13.2. The van der Waals surface area contributed by atoms with Gasteiger partial charge in [-0.3, -0.25) is 10.1 Å². The van der Waals surface area contributed by atoms with Crippen molar-refractivity contribution in [1.29, 1.82) is 5.26 Å². The summed E-state index contributed by atoms with van der Waals surface area (Å²) < 4.78 is 11.2. The number of benzene rings is 1.